The van der Waals surface area contributed by atoms with Crippen LogP contribution >= 0.6 is 0 Å². The molecule has 0 spiro atoms. The Morgan fingerprint density at radius 3 is 3.00 bits per heavy atom. The van der Waals surface area contributed by atoms with E-state index in [0.29, 0.717) is 18.2 Å². The lowest BCUT2D eigenvalue weighted by Crippen LogP contribution is -2.32. The number of hydrogen-bond donors (Lipinski definition) is 2. The predicted molar refractivity (Wildman–Crippen MR) is 61.1 cm³/mol. The van der Waals surface area contributed by atoms with Crippen LogP contribution in [0.3, 0.4) is 0 Å². The first-order chi connectivity index (χ1) is 7.90. The zero-order valence-corrected chi connectivity index (χ0v) is 8.93. The van der Waals surface area contributed by atoms with Crippen molar-refractivity contribution in [3.8, 4) is 0 Å². The lowest BCUT2D eigenvalue weighted by atomic mass is 10.4. The fourth-order valence-electron chi connectivity index (χ4n) is 1.96. The van der Waals surface area contributed by atoms with Gasteiger partial charge in [-0.1, -0.05) is 0 Å². The molecule has 1 aliphatic carbocycles. The zero-order valence-electron chi connectivity index (χ0n) is 8.93. The van der Waals surface area contributed by atoms with Gasteiger partial charge in [0.2, 0.25) is 0 Å². The molecule has 0 unspecified atom stereocenters. The van der Waals surface area contributed by atoms with Crippen molar-refractivity contribution < 1.29 is 0 Å². The molecular weight excluding hydrogens is 204 g/mol. The maximum Gasteiger partial charge on any atom is 0.182 e. The Kier molecular flexibility index (Phi) is 2.21. The van der Waals surface area contributed by atoms with Gasteiger partial charge in [0.1, 0.15) is 11.8 Å². The summed E-state index contributed by atoms with van der Waals surface area (Å²) in [6, 6.07) is 0.588. The van der Waals surface area contributed by atoms with Crippen molar-refractivity contribution in [1.29, 1.82) is 0 Å². The van der Waals surface area contributed by atoms with Gasteiger partial charge in [-0.2, -0.15) is 0 Å². The quantitative estimate of drug-likeness (QED) is 0.770. The molecule has 1 fully saturated rings. The van der Waals surface area contributed by atoms with Crippen LogP contribution in [-0.4, -0.2) is 39.1 Å². The molecule has 16 heavy (non-hydrogen) atoms. The highest BCUT2D eigenvalue weighted by Crippen LogP contribution is 2.32. The van der Waals surface area contributed by atoms with Crippen LogP contribution < -0.4 is 10.6 Å². The van der Waals surface area contributed by atoms with Crippen molar-refractivity contribution in [3.05, 3.63) is 12.7 Å². The lowest BCUT2D eigenvalue weighted by molar-refractivity contribution is 0.773. The summed E-state index contributed by atoms with van der Waals surface area (Å²) in [6.07, 6.45) is 5.65. The molecule has 2 aromatic rings. The van der Waals surface area contributed by atoms with Crippen molar-refractivity contribution in [2.45, 2.75) is 18.9 Å². The second-order valence-corrected chi connectivity index (χ2v) is 4.01. The summed E-state index contributed by atoms with van der Waals surface area (Å²) in [5.41, 5.74) is 7.26. The molecule has 1 aliphatic rings. The van der Waals surface area contributed by atoms with Gasteiger partial charge < -0.3 is 15.6 Å². The van der Waals surface area contributed by atoms with Crippen molar-refractivity contribution in [1.82, 2.24) is 19.9 Å². The predicted octanol–water partition coefficient (Wildman–Crippen LogP) is 0.280. The van der Waals surface area contributed by atoms with E-state index >= 15 is 0 Å². The molecule has 6 nitrogen and oxygen atoms in total. The Balaban J connectivity index is 2.04. The van der Waals surface area contributed by atoms with E-state index in [1.165, 1.54) is 12.8 Å². The van der Waals surface area contributed by atoms with Crippen molar-refractivity contribution in [2.24, 2.45) is 5.73 Å². The third kappa shape index (κ3) is 1.51. The molecule has 2 heterocycles. The number of aromatic nitrogens is 4. The summed E-state index contributed by atoms with van der Waals surface area (Å²) in [6.45, 7) is 1.46. The van der Waals surface area contributed by atoms with E-state index in [9.17, 15) is 0 Å². The van der Waals surface area contributed by atoms with Gasteiger partial charge >= 0.3 is 0 Å². The first-order valence-electron chi connectivity index (χ1n) is 5.51. The number of aromatic amines is 1. The number of H-pyrrole nitrogens is 1. The van der Waals surface area contributed by atoms with E-state index in [1.807, 2.05) is 0 Å². The Hall–Kier alpha value is -1.69. The summed E-state index contributed by atoms with van der Waals surface area (Å²) in [4.78, 5) is 17.9. The Morgan fingerprint density at radius 2 is 2.25 bits per heavy atom. The summed E-state index contributed by atoms with van der Waals surface area (Å²) in [5.74, 6) is 0.926. The van der Waals surface area contributed by atoms with E-state index in [1.54, 1.807) is 12.7 Å². The van der Waals surface area contributed by atoms with Crippen molar-refractivity contribution >= 4 is 17.0 Å². The number of nitrogens with two attached hydrogens (primary N) is 1. The Morgan fingerprint density at radius 1 is 1.38 bits per heavy atom. The fourth-order valence-corrected chi connectivity index (χ4v) is 1.96. The standard InChI is InChI=1S/C10H14N6/c11-3-4-16(7-1-2-7)10-8-9(13-5-12-8)14-6-15-10/h5-7H,1-4,11H2,(H,12,13,14,15). The first-order valence-corrected chi connectivity index (χ1v) is 5.51. The maximum absolute atomic E-state index is 5.64. The van der Waals surface area contributed by atoms with Crippen LogP contribution in [0, 0.1) is 0 Å². The minimum atomic E-state index is 0.588. The number of fused-ring (bicyclic) bond motifs is 1. The molecule has 6 heteroatoms. The molecule has 0 bridgehead atoms. The number of nitrogens with one attached hydrogen (secondary N) is 1. The molecule has 0 aromatic carbocycles. The summed E-state index contributed by atoms with van der Waals surface area (Å²) in [5, 5.41) is 0. The van der Waals surface area contributed by atoms with Gasteiger partial charge in [0.05, 0.1) is 6.33 Å². The van der Waals surface area contributed by atoms with Crippen LogP contribution in [0.15, 0.2) is 12.7 Å². The Bertz CT molecular complexity index is 489. The molecule has 1 saturated carbocycles. The number of rotatable bonds is 4. The van der Waals surface area contributed by atoms with E-state index in [2.05, 4.69) is 24.8 Å². The van der Waals surface area contributed by atoms with Gasteiger partial charge in [0, 0.05) is 19.1 Å². The number of imidazole rings is 1. The van der Waals surface area contributed by atoms with Crippen LogP contribution in [0.2, 0.25) is 0 Å². The topological polar surface area (TPSA) is 83.7 Å². The molecule has 0 radical (unpaired) electrons. The average Bonchev–Trinajstić information content (AvgIpc) is 3.02. The molecular formula is C10H14N6. The summed E-state index contributed by atoms with van der Waals surface area (Å²) >= 11 is 0. The highest BCUT2D eigenvalue weighted by atomic mass is 15.3. The molecule has 0 aliphatic heterocycles. The third-order valence-electron chi connectivity index (χ3n) is 2.83. The summed E-state index contributed by atoms with van der Waals surface area (Å²) < 4.78 is 0. The molecule has 2 aromatic heterocycles. The minimum Gasteiger partial charge on any atom is -0.350 e. The number of hydrogen-bond acceptors (Lipinski definition) is 5. The SMILES string of the molecule is NCCN(c1ncnc2nc[nH]c12)C1CC1. The summed E-state index contributed by atoms with van der Waals surface area (Å²) in [7, 11) is 0. The molecule has 3 rings (SSSR count). The molecule has 3 N–H and O–H groups in total. The largest absolute Gasteiger partial charge is 0.350 e. The minimum absolute atomic E-state index is 0.588. The van der Waals surface area contributed by atoms with Gasteiger partial charge in [-0.3, -0.25) is 0 Å². The normalized spacial score (nSPS) is 15.6. The van der Waals surface area contributed by atoms with Crippen LogP contribution in [-0.2, 0) is 0 Å². The molecule has 84 valence electrons. The van der Waals surface area contributed by atoms with Crippen molar-refractivity contribution in [3.63, 3.8) is 0 Å². The van der Waals surface area contributed by atoms with Crippen LogP contribution in [0.5, 0.6) is 0 Å². The van der Waals surface area contributed by atoms with Gasteiger partial charge in [0.15, 0.2) is 11.5 Å². The van der Waals surface area contributed by atoms with Gasteiger partial charge in [0.25, 0.3) is 0 Å². The van der Waals surface area contributed by atoms with Crippen LogP contribution in [0.4, 0.5) is 5.82 Å². The zero-order chi connectivity index (χ0) is 11.0. The molecule has 0 saturated heterocycles. The molecule has 0 amide bonds. The highest BCUT2D eigenvalue weighted by molar-refractivity contribution is 5.83. The van der Waals surface area contributed by atoms with Gasteiger partial charge in [-0.15, -0.1) is 0 Å². The van der Waals surface area contributed by atoms with E-state index < -0.39 is 0 Å². The van der Waals surface area contributed by atoms with Gasteiger partial charge in [-0.25, -0.2) is 15.0 Å². The second-order valence-electron chi connectivity index (χ2n) is 4.01. The number of anilines is 1. The number of nitrogens with zero attached hydrogens (tertiary/aromatic N) is 4. The second kappa shape index (κ2) is 3.71. The van der Waals surface area contributed by atoms with Crippen molar-refractivity contribution in [2.75, 3.05) is 18.0 Å². The van der Waals surface area contributed by atoms with Crippen LogP contribution in [0.25, 0.3) is 11.2 Å². The maximum atomic E-state index is 5.64. The van der Waals surface area contributed by atoms with E-state index in [4.69, 9.17) is 5.73 Å². The third-order valence-corrected chi connectivity index (χ3v) is 2.83. The monoisotopic (exact) mass is 218 g/mol. The smallest absolute Gasteiger partial charge is 0.182 e. The fraction of sp³-hybridized carbons (Fsp3) is 0.500. The average molecular weight is 218 g/mol. The van der Waals surface area contributed by atoms with Crippen LogP contribution in [0.1, 0.15) is 12.8 Å². The Labute approximate surface area is 92.9 Å². The highest BCUT2D eigenvalue weighted by Gasteiger charge is 2.30. The molecule has 0 atom stereocenters. The van der Waals surface area contributed by atoms with Gasteiger partial charge in [-0.05, 0) is 12.8 Å². The van der Waals surface area contributed by atoms with E-state index in [0.717, 1.165) is 17.9 Å². The van der Waals surface area contributed by atoms with E-state index in [-0.39, 0.29) is 0 Å². The lowest BCUT2D eigenvalue weighted by Gasteiger charge is -2.22. The first kappa shape index (κ1) is 9.53.